The first-order valence-corrected chi connectivity index (χ1v) is 5.59. The zero-order chi connectivity index (χ0) is 9.23. The molecule has 12 heavy (non-hydrogen) atoms. The van der Waals surface area contributed by atoms with Gasteiger partial charge in [0.1, 0.15) is 0 Å². The van der Waals surface area contributed by atoms with E-state index in [4.69, 9.17) is 0 Å². The fourth-order valence-corrected chi connectivity index (χ4v) is 2.15. The summed E-state index contributed by atoms with van der Waals surface area (Å²) in [6.45, 7) is 11.9. The van der Waals surface area contributed by atoms with Crippen LogP contribution in [0, 0.1) is 0 Å². The molecule has 0 atom stereocenters. The van der Waals surface area contributed by atoms with Crippen molar-refractivity contribution in [3.63, 3.8) is 0 Å². The van der Waals surface area contributed by atoms with Crippen molar-refractivity contribution in [1.29, 1.82) is 0 Å². The lowest BCUT2D eigenvalue weighted by Gasteiger charge is -2.15. The molecule has 0 aromatic heterocycles. The summed E-state index contributed by atoms with van der Waals surface area (Å²) in [5, 5.41) is 0. The minimum atomic E-state index is 0.886. The van der Waals surface area contributed by atoms with Gasteiger partial charge in [0.05, 0.1) is 0 Å². The molecule has 0 saturated heterocycles. The van der Waals surface area contributed by atoms with E-state index in [-0.39, 0.29) is 0 Å². The first-order chi connectivity index (χ1) is 5.85. The van der Waals surface area contributed by atoms with Gasteiger partial charge >= 0.3 is 0 Å². The largest absolute Gasteiger partial charge is 0.190 e. The Morgan fingerprint density at radius 1 is 0.917 bits per heavy atom. The van der Waals surface area contributed by atoms with Crippen LogP contribution >= 0.6 is 23.9 Å². The number of rotatable bonds is 8. The molecule has 0 heterocycles. The van der Waals surface area contributed by atoms with E-state index in [1.54, 1.807) is 23.9 Å². The van der Waals surface area contributed by atoms with Crippen molar-refractivity contribution < 1.29 is 0 Å². The van der Waals surface area contributed by atoms with Crippen LogP contribution in [0.2, 0.25) is 0 Å². The van der Waals surface area contributed by atoms with Crippen LogP contribution in [0.3, 0.4) is 0 Å². The van der Waals surface area contributed by atoms with Crippen molar-refractivity contribution in [3.05, 3.63) is 38.0 Å². The Balaban J connectivity index is 3.59. The number of hydrogen-bond donors (Lipinski definition) is 0. The van der Waals surface area contributed by atoms with Gasteiger partial charge in [-0.2, -0.15) is 3.71 Å². The first kappa shape index (κ1) is 11.9. The number of nitrogens with zero attached hydrogens (tertiary/aromatic N) is 1. The minimum absolute atomic E-state index is 0.886. The third-order valence-corrected chi connectivity index (χ3v) is 3.23. The maximum Gasteiger partial charge on any atom is 0.0381 e. The third kappa shape index (κ3) is 6.58. The van der Waals surface area contributed by atoms with E-state index in [2.05, 4.69) is 23.4 Å². The van der Waals surface area contributed by atoms with Crippen LogP contribution in [0.1, 0.15) is 0 Å². The molecule has 0 aromatic rings. The summed E-state index contributed by atoms with van der Waals surface area (Å²) in [6, 6.07) is 0. The summed E-state index contributed by atoms with van der Waals surface area (Å²) in [5.41, 5.74) is 0. The summed E-state index contributed by atoms with van der Waals surface area (Å²) in [5.74, 6) is 1.88. The smallest absolute Gasteiger partial charge is 0.0381 e. The SMILES string of the molecule is C=CCSN(CC=C)SCC=C. The van der Waals surface area contributed by atoms with Gasteiger partial charge in [0.15, 0.2) is 0 Å². The summed E-state index contributed by atoms with van der Waals surface area (Å²) in [7, 11) is 0. The lowest BCUT2D eigenvalue weighted by Crippen LogP contribution is -2.06. The van der Waals surface area contributed by atoms with Gasteiger partial charge < -0.3 is 0 Å². The fourth-order valence-electron chi connectivity index (χ4n) is 0.520. The summed E-state index contributed by atoms with van der Waals surface area (Å²) >= 11 is 3.49. The summed E-state index contributed by atoms with van der Waals surface area (Å²) in [6.07, 6.45) is 5.69. The molecule has 0 fully saturated rings. The van der Waals surface area contributed by atoms with E-state index in [1.807, 2.05) is 18.2 Å². The zero-order valence-corrected chi connectivity index (χ0v) is 8.87. The second kappa shape index (κ2) is 8.97. The van der Waals surface area contributed by atoms with Crippen LogP contribution in [0.5, 0.6) is 0 Å². The second-order valence-electron chi connectivity index (χ2n) is 1.97. The molecule has 0 aliphatic heterocycles. The molecule has 0 N–H and O–H groups in total. The molecule has 3 heteroatoms. The average Bonchev–Trinajstić information content (AvgIpc) is 2.10. The van der Waals surface area contributed by atoms with Crippen LogP contribution < -0.4 is 0 Å². The predicted octanol–water partition coefficient (Wildman–Crippen LogP) is 3.14. The molecule has 0 saturated carbocycles. The quantitative estimate of drug-likeness (QED) is 0.439. The van der Waals surface area contributed by atoms with Gasteiger partial charge in [0.2, 0.25) is 0 Å². The van der Waals surface area contributed by atoms with E-state index >= 15 is 0 Å². The van der Waals surface area contributed by atoms with E-state index in [0.29, 0.717) is 0 Å². The van der Waals surface area contributed by atoms with Gasteiger partial charge in [0, 0.05) is 18.1 Å². The van der Waals surface area contributed by atoms with Gasteiger partial charge in [-0.1, -0.05) is 42.1 Å². The van der Waals surface area contributed by atoms with Gasteiger partial charge in [-0.3, -0.25) is 0 Å². The predicted molar refractivity (Wildman–Crippen MR) is 62.2 cm³/mol. The first-order valence-electron chi connectivity index (χ1n) is 3.71. The number of hydrogen-bond acceptors (Lipinski definition) is 3. The normalized spacial score (nSPS) is 9.75. The Morgan fingerprint density at radius 3 is 1.75 bits per heavy atom. The highest BCUT2D eigenvalue weighted by Crippen LogP contribution is 2.21. The molecule has 0 aromatic carbocycles. The maximum absolute atomic E-state index is 3.70. The highest BCUT2D eigenvalue weighted by molar-refractivity contribution is 8.12. The fraction of sp³-hybridized carbons (Fsp3) is 0.333. The maximum atomic E-state index is 3.70. The van der Waals surface area contributed by atoms with Crippen LogP contribution in [0.4, 0.5) is 0 Å². The molecule has 1 nitrogen and oxygen atoms in total. The molecule has 0 bridgehead atoms. The highest BCUT2D eigenvalue weighted by Gasteiger charge is 2.00. The van der Waals surface area contributed by atoms with Crippen molar-refractivity contribution >= 4 is 23.9 Å². The van der Waals surface area contributed by atoms with E-state index < -0.39 is 0 Å². The standard InChI is InChI=1S/C9H15NS2/c1-4-7-10(11-8-5-2)12-9-6-3/h4-6H,1-3,7-9H2. The van der Waals surface area contributed by atoms with E-state index in [1.165, 1.54) is 0 Å². The molecule has 68 valence electrons. The molecule has 0 rings (SSSR count). The van der Waals surface area contributed by atoms with Gasteiger partial charge in [-0.25, -0.2) is 0 Å². The average molecular weight is 201 g/mol. The van der Waals surface area contributed by atoms with Crippen molar-refractivity contribution in [1.82, 2.24) is 3.71 Å². The van der Waals surface area contributed by atoms with Crippen molar-refractivity contribution in [2.24, 2.45) is 0 Å². The lowest BCUT2D eigenvalue weighted by molar-refractivity contribution is 0.846. The van der Waals surface area contributed by atoms with Crippen LogP contribution in [0.25, 0.3) is 0 Å². The van der Waals surface area contributed by atoms with Crippen LogP contribution in [-0.2, 0) is 0 Å². The van der Waals surface area contributed by atoms with Gasteiger partial charge in [-0.15, -0.1) is 19.7 Å². The van der Waals surface area contributed by atoms with E-state index in [0.717, 1.165) is 18.1 Å². The van der Waals surface area contributed by atoms with Crippen LogP contribution in [-0.4, -0.2) is 21.8 Å². The zero-order valence-electron chi connectivity index (χ0n) is 7.24. The minimum Gasteiger partial charge on any atom is -0.190 e. The Morgan fingerprint density at radius 2 is 1.42 bits per heavy atom. The lowest BCUT2D eigenvalue weighted by atomic mass is 10.7. The Kier molecular flexibility index (Phi) is 8.88. The van der Waals surface area contributed by atoms with Crippen molar-refractivity contribution in [3.8, 4) is 0 Å². The molecule has 0 spiro atoms. The van der Waals surface area contributed by atoms with E-state index in [9.17, 15) is 0 Å². The monoisotopic (exact) mass is 201 g/mol. The molecular weight excluding hydrogens is 186 g/mol. The summed E-state index contributed by atoms with van der Waals surface area (Å²) < 4.78 is 2.18. The van der Waals surface area contributed by atoms with Gasteiger partial charge in [-0.05, 0) is 0 Å². The van der Waals surface area contributed by atoms with Crippen molar-refractivity contribution in [2.45, 2.75) is 0 Å². The van der Waals surface area contributed by atoms with Crippen LogP contribution in [0.15, 0.2) is 38.0 Å². The Hall–Kier alpha value is -0.120. The Labute approximate surface area is 83.9 Å². The molecule has 0 radical (unpaired) electrons. The second-order valence-corrected chi connectivity index (χ2v) is 4.27. The molecular formula is C9H15NS2. The van der Waals surface area contributed by atoms with Gasteiger partial charge in [0.25, 0.3) is 0 Å². The molecule has 0 aliphatic carbocycles. The third-order valence-electron chi connectivity index (χ3n) is 0.951. The summed E-state index contributed by atoms with van der Waals surface area (Å²) in [4.78, 5) is 0. The highest BCUT2D eigenvalue weighted by atomic mass is 32.2. The topological polar surface area (TPSA) is 3.24 Å². The molecule has 0 unspecified atom stereocenters. The molecule has 0 amide bonds. The Bertz CT molecular complexity index is 133. The molecule has 0 aliphatic rings. The van der Waals surface area contributed by atoms with Crippen molar-refractivity contribution in [2.75, 3.05) is 18.1 Å².